The normalized spacial score (nSPS) is 11.0. The predicted molar refractivity (Wildman–Crippen MR) is 124 cm³/mol. The Morgan fingerprint density at radius 2 is 1.67 bits per heavy atom. The number of fused-ring (bicyclic) bond motifs is 1. The fourth-order valence-corrected chi connectivity index (χ4v) is 4.08. The van der Waals surface area contributed by atoms with Crippen molar-refractivity contribution in [3.05, 3.63) is 72.3 Å². The fourth-order valence-electron chi connectivity index (χ4n) is 4.08. The van der Waals surface area contributed by atoms with Gasteiger partial charge in [-0.1, -0.05) is 42.5 Å². The SMILES string of the molecule is COc1cccc(-c2[nH]c3ccc(-c4ccccc4)cc3c2CCCCN)c1OC. The Hall–Kier alpha value is -3.24. The van der Waals surface area contributed by atoms with Crippen molar-refractivity contribution in [2.45, 2.75) is 19.3 Å². The third-order valence-electron chi connectivity index (χ3n) is 5.57. The summed E-state index contributed by atoms with van der Waals surface area (Å²) in [5, 5.41) is 1.24. The molecule has 3 N–H and O–H groups in total. The van der Waals surface area contributed by atoms with E-state index in [2.05, 4.69) is 53.5 Å². The number of methoxy groups -OCH3 is 2. The average Bonchev–Trinajstić information content (AvgIpc) is 3.16. The molecule has 0 aliphatic rings. The summed E-state index contributed by atoms with van der Waals surface area (Å²) < 4.78 is 11.3. The summed E-state index contributed by atoms with van der Waals surface area (Å²) in [6.07, 6.45) is 2.99. The number of rotatable bonds is 8. The molecule has 0 fully saturated rings. The molecule has 0 radical (unpaired) electrons. The number of unbranched alkanes of at least 4 members (excludes halogenated alkanes) is 1. The number of nitrogens with one attached hydrogen (secondary N) is 1. The van der Waals surface area contributed by atoms with Crippen LogP contribution >= 0.6 is 0 Å². The van der Waals surface area contributed by atoms with Crippen molar-refractivity contribution in [3.63, 3.8) is 0 Å². The Labute approximate surface area is 177 Å². The minimum absolute atomic E-state index is 0.704. The zero-order valence-electron chi connectivity index (χ0n) is 17.6. The van der Waals surface area contributed by atoms with E-state index in [9.17, 15) is 0 Å². The summed E-state index contributed by atoms with van der Waals surface area (Å²) in [6, 6.07) is 23.1. The average molecular weight is 401 g/mol. The van der Waals surface area contributed by atoms with Crippen LogP contribution in [0.2, 0.25) is 0 Å². The maximum Gasteiger partial charge on any atom is 0.170 e. The van der Waals surface area contributed by atoms with Crippen molar-refractivity contribution in [3.8, 4) is 33.9 Å². The van der Waals surface area contributed by atoms with Gasteiger partial charge in [-0.25, -0.2) is 0 Å². The molecule has 4 aromatic rings. The third-order valence-corrected chi connectivity index (χ3v) is 5.57. The molecule has 0 atom stereocenters. The summed E-state index contributed by atoms with van der Waals surface area (Å²) in [6.45, 7) is 0.704. The van der Waals surface area contributed by atoms with Crippen LogP contribution in [0.15, 0.2) is 66.7 Å². The van der Waals surface area contributed by atoms with Gasteiger partial charge in [-0.3, -0.25) is 0 Å². The maximum absolute atomic E-state index is 5.77. The van der Waals surface area contributed by atoms with Crippen LogP contribution in [0.3, 0.4) is 0 Å². The Bertz CT molecular complexity index is 1130. The number of H-pyrrole nitrogens is 1. The van der Waals surface area contributed by atoms with Crippen LogP contribution in [0.1, 0.15) is 18.4 Å². The lowest BCUT2D eigenvalue weighted by molar-refractivity contribution is 0.356. The Morgan fingerprint density at radius 3 is 2.40 bits per heavy atom. The van der Waals surface area contributed by atoms with E-state index in [0.717, 1.165) is 47.5 Å². The first-order valence-electron chi connectivity index (χ1n) is 10.4. The number of aryl methyl sites for hydroxylation is 1. The summed E-state index contributed by atoms with van der Waals surface area (Å²) in [4.78, 5) is 3.65. The van der Waals surface area contributed by atoms with Gasteiger partial charge in [0, 0.05) is 16.5 Å². The van der Waals surface area contributed by atoms with E-state index in [1.165, 1.54) is 22.1 Å². The van der Waals surface area contributed by atoms with E-state index in [0.29, 0.717) is 6.54 Å². The van der Waals surface area contributed by atoms with Gasteiger partial charge in [0.25, 0.3) is 0 Å². The van der Waals surface area contributed by atoms with Crippen molar-refractivity contribution < 1.29 is 9.47 Å². The molecule has 0 saturated heterocycles. The highest BCUT2D eigenvalue weighted by Crippen LogP contribution is 2.42. The number of hydrogen-bond acceptors (Lipinski definition) is 3. The number of para-hydroxylation sites is 1. The molecule has 4 heteroatoms. The molecule has 0 unspecified atom stereocenters. The Balaban J connectivity index is 1.90. The predicted octanol–water partition coefficient (Wildman–Crippen LogP) is 5.80. The second kappa shape index (κ2) is 9.06. The van der Waals surface area contributed by atoms with E-state index in [1.807, 2.05) is 18.2 Å². The number of ether oxygens (including phenoxy) is 2. The van der Waals surface area contributed by atoms with Crippen LogP contribution in [-0.4, -0.2) is 25.7 Å². The van der Waals surface area contributed by atoms with Crippen LogP contribution in [0, 0.1) is 0 Å². The molecule has 3 aromatic carbocycles. The summed E-state index contributed by atoms with van der Waals surface area (Å²) in [7, 11) is 3.35. The van der Waals surface area contributed by atoms with Gasteiger partial charge >= 0.3 is 0 Å². The minimum atomic E-state index is 0.704. The second-order valence-corrected chi connectivity index (χ2v) is 7.39. The van der Waals surface area contributed by atoms with Crippen molar-refractivity contribution >= 4 is 10.9 Å². The highest BCUT2D eigenvalue weighted by atomic mass is 16.5. The van der Waals surface area contributed by atoms with Gasteiger partial charge in [0.1, 0.15) is 0 Å². The Kier molecular flexibility index (Phi) is 6.05. The number of benzene rings is 3. The quantitative estimate of drug-likeness (QED) is 0.367. The number of aromatic amines is 1. The molecule has 0 aliphatic carbocycles. The van der Waals surface area contributed by atoms with Crippen molar-refractivity contribution in [1.82, 2.24) is 4.98 Å². The van der Waals surface area contributed by atoms with E-state index in [4.69, 9.17) is 15.2 Å². The molecule has 0 amide bonds. The fraction of sp³-hybridized carbons (Fsp3) is 0.231. The molecule has 1 heterocycles. The van der Waals surface area contributed by atoms with Gasteiger partial charge in [-0.2, -0.15) is 0 Å². The van der Waals surface area contributed by atoms with Gasteiger partial charge in [0.2, 0.25) is 0 Å². The molecule has 0 spiro atoms. The van der Waals surface area contributed by atoms with Crippen LogP contribution in [0.4, 0.5) is 0 Å². The molecular weight excluding hydrogens is 372 g/mol. The van der Waals surface area contributed by atoms with Crippen molar-refractivity contribution in [1.29, 1.82) is 0 Å². The molecule has 1 aromatic heterocycles. The monoisotopic (exact) mass is 400 g/mol. The van der Waals surface area contributed by atoms with Gasteiger partial charge in [-0.15, -0.1) is 0 Å². The first-order valence-corrected chi connectivity index (χ1v) is 10.4. The van der Waals surface area contributed by atoms with Crippen LogP contribution in [0.25, 0.3) is 33.3 Å². The maximum atomic E-state index is 5.77. The van der Waals surface area contributed by atoms with Gasteiger partial charge in [-0.05, 0) is 66.8 Å². The zero-order chi connectivity index (χ0) is 20.9. The molecule has 154 valence electrons. The molecular formula is C26H28N2O2. The van der Waals surface area contributed by atoms with E-state index < -0.39 is 0 Å². The molecule has 30 heavy (non-hydrogen) atoms. The van der Waals surface area contributed by atoms with Gasteiger partial charge < -0.3 is 20.2 Å². The second-order valence-electron chi connectivity index (χ2n) is 7.39. The van der Waals surface area contributed by atoms with Crippen LogP contribution < -0.4 is 15.2 Å². The standard InChI is InChI=1S/C26H28N2O2/c1-29-24-13-8-12-21(26(24)30-2)25-20(11-6-7-16-27)22-17-19(14-15-23(22)28-25)18-9-4-3-5-10-18/h3-5,8-10,12-15,17,28H,6-7,11,16,27H2,1-2H3. The summed E-state index contributed by atoms with van der Waals surface area (Å²) >= 11 is 0. The number of nitrogens with two attached hydrogens (primary N) is 1. The highest BCUT2D eigenvalue weighted by Gasteiger charge is 2.19. The zero-order valence-corrected chi connectivity index (χ0v) is 17.6. The van der Waals surface area contributed by atoms with Crippen molar-refractivity contribution in [2.75, 3.05) is 20.8 Å². The first-order chi connectivity index (χ1) is 14.8. The van der Waals surface area contributed by atoms with Gasteiger partial charge in [0.15, 0.2) is 11.5 Å². The largest absolute Gasteiger partial charge is 0.493 e. The molecule has 0 saturated carbocycles. The summed E-state index contributed by atoms with van der Waals surface area (Å²) in [5.74, 6) is 1.47. The van der Waals surface area contributed by atoms with E-state index in [-0.39, 0.29) is 0 Å². The Morgan fingerprint density at radius 1 is 0.833 bits per heavy atom. The van der Waals surface area contributed by atoms with Crippen molar-refractivity contribution in [2.24, 2.45) is 5.73 Å². The topological polar surface area (TPSA) is 60.3 Å². The summed E-state index contributed by atoms with van der Waals surface area (Å²) in [5.41, 5.74) is 12.7. The smallest absolute Gasteiger partial charge is 0.170 e. The number of hydrogen-bond donors (Lipinski definition) is 2. The first kappa shape index (κ1) is 20.0. The molecule has 4 nitrogen and oxygen atoms in total. The molecule has 0 bridgehead atoms. The van der Waals surface area contributed by atoms with Crippen LogP contribution in [-0.2, 0) is 6.42 Å². The highest BCUT2D eigenvalue weighted by molar-refractivity contribution is 5.95. The number of aromatic nitrogens is 1. The third kappa shape index (κ3) is 3.79. The van der Waals surface area contributed by atoms with Gasteiger partial charge in [0.05, 0.1) is 19.9 Å². The van der Waals surface area contributed by atoms with Crippen LogP contribution in [0.5, 0.6) is 11.5 Å². The van der Waals surface area contributed by atoms with E-state index >= 15 is 0 Å². The lowest BCUT2D eigenvalue weighted by Crippen LogP contribution is -2.00. The lowest BCUT2D eigenvalue weighted by atomic mass is 9.97. The minimum Gasteiger partial charge on any atom is -0.493 e. The molecule has 4 rings (SSSR count). The lowest BCUT2D eigenvalue weighted by Gasteiger charge is -2.13. The molecule has 0 aliphatic heterocycles. The van der Waals surface area contributed by atoms with E-state index in [1.54, 1.807) is 14.2 Å².